The van der Waals surface area contributed by atoms with Crippen LogP contribution in [-0.4, -0.2) is 25.3 Å². The summed E-state index contributed by atoms with van der Waals surface area (Å²) in [6, 6.07) is 0.540. The maximum Gasteiger partial charge on any atom is 0.0626 e. The second-order valence-corrected chi connectivity index (χ2v) is 7.08. The first-order chi connectivity index (χ1) is 7.98. The van der Waals surface area contributed by atoms with Crippen LogP contribution in [0, 0.1) is 17.8 Å². The van der Waals surface area contributed by atoms with E-state index in [-0.39, 0.29) is 5.60 Å². The first kappa shape index (κ1) is 13.4. The van der Waals surface area contributed by atoms with Crippen LogP contribution in [0.15, 0.2) is 0 Å². The minimum Gasteiger partial charge on any atom is -0.374 e. The maximum absolute atomic E-state index is 5.91. The normalized spacial score (nSPS) is 34.2. The lowest BCUT2D eigenvalue weighted by Gasteiger charge is -2.29. The van der Waals surface area contributed by atoms with Gasteiger partial charge < -0.3 is 10.1 Å². The molecule has 1 N–H and O–H groups in total. The zero-order valence-corrected chi connectivity index (χ0v) is 12.0. The van der Waals surface area contributed by atoms with E-state index in [0.717, 1.165) is 24.4 Å². The van der Waals surface area contributed by atoms with Crippen LogP contribution in [0.25, 0.3) is 0 Å². The Bertz CT molecular complexity index is 246. The molecule has 4 atom stereocenters. The van der Waals surface area contributed by atoms with E-state index >= 15 is 0 Å². The number of rotatable bonds is 5. The molecule has 0 aromatic rings. The van der Waals surface area contributed by atoms with Crippen molar-refractivity contribution in [2.24, 2.45) is 17.8 Å². The molecule has 0 spiro atoms. The van der Waals surface area contributed by atoms with E-state index in [1.807, 2.05) is 0 Å². The Balaban J connectivity index is 1.76. The summed E-state index contributed by atoms with van der Waals surface area (Å²) < 4.78 is 5.91. The van der Waals surface area contributed by atoms with Crippen molar-refractivity contribution in [2.75, 3.05) is 13.7 Å². The van der Waals surface area contributed by atoms with E-state index in [0.29, 0.717) is 6.04 Å². The minimum absolute atomic E-state index is 0.0101. The summed E-state index contributed by atoms with van der Waals surface area (Å²) >= 11 is 0. The fourth-order valence-corrected chi connectivity index (χ4v) is 3.65. The molecule has 0 aliphatic heterocycles. The van der Waals surface area contributed by atoms with Gasteiger partial charge in [0, 0.05) is 6.04 Å². The molecule has 0 heterocycles. The number of likely N-dealkylation sites (N-methyl/N-ethyl adjacent to an activating group) is 1. The summed E-state index contributed by atoms with van der Waals surface area (Å²) in [6.07, 6.45) is 7.31. The van der Waals surface area contributed by atoms with Crippen molar-refractivity contribution in [1.82, 2.24) is 5.32 Å². The van der Waals surface area contributed by atoms with Crippen molar-refractivity contribution in [3.8, 4) is 0 Å². The molecule has 100 valence electrons. The van der Waals surface area contributed by atoms with Crippen molar-refractivity contribution >= 4 is 0 Å². The second-order valence-electron chi connectivity index (χ2n) is 7.08. The van der Waals surface area contributed by atoms with Gasteiger partial charge in [-0.1, -0.05) is 6.42 Å². The summed E-state index contributed by atoms with van der Waals surface area (Å²) in [7, 11) is 2.07. The average Bonchev–Trinajstić information content (AvgIpc) is 2.84. The van der Waals surface area contributed by atoms with Gasteiger partial charge >= 0.3 is 0 Å². The van der Waals surface area contributed by atoms with Gasteiger partial charge in [-0.25, -0.2) is 0 Å². The van der Waals surface area contributed by atoms with Crippen LogP contribution in [-0.2, 0) is 4.74 Å². The molecule has 2 fully saturated rings. The van der Waals surface area contributed by atoms with Gasteiger partial charge in [-0.05, 0) is 71.3 Å². The van der Waals surface area contributed by atoms with Crippen molar-refractivity contribution in [3.05, 3.63) is 0 Å². The van der Waals surface area contributed by atoms with Gasteiger partial charge in [0.2, 0.25) is 0 Å². The Kier molecular flexibility index (Phi) is 4.14. The summed E-state index contributed by atoms with van der Waals surface area (Å²) in [5, 5.41) is 3.44. The van der Waals surface area contributed by atoms with Crippen LogP contribution < -0.4 is 5.32 Å². The molecule has 2 aliphatic carbocycles. The largest absolute Gasteiger partial charge is 0.374 e. The Morgan fingerprint density at radius 2 is 2.00 bits per heavy atom. The zero-order chi connectivity index (χ0) is 12.5. The molecule has 2 aliphatic rings. The Labute approximate surface area is 107 Å². The highest BCUT2D eigenvalue weighted by molar-refractivity contribution is 4.91. The third-order valence-electron chi connectivity index (χ3n) is 4.60. The minimum atomic E-state index is -0.0101. The molecule has 2 bridgehead atoms. The lowest BCUT2D eigenvalue weighted by Crippen LogP contribution is -2.36. The Morgan fingerprint density at radius 3 is 2.47 bits per heavy atom. The molecule has 2 heteroatoms. The Morgan fingerprint density at radius 1 is 1.24 bits per heavy atom. The van der Waals surface area contributed by atoms with Crippen molar-refractivity contribution in [1.29, 1.82) is 0 Å². The topological polar surface area (TPSA) is 21.3 Å². The van der Waals surface area contributed by atoms with E-state index in [9.17, 15) is 0 Å². The highest BCUT2D eigenvalue weighted by atomic mass is 16.5. The van der Waals surface area contributed by atoms with Gasteiger partial charge in [-0.15, -0.1) is 0 Å². The molecule has 0 aromatic heterocycles. The van der Waals surface area contributed by atoms with E-state index in [1.165, 1.54) is 32.1 Å². The van der Waals surface area contributed by atoms with Crippen LogP contribution in [0.5, 0.6) is 0 Å². The molecule has 2 rings (SSSR count). The van der Waals surface area contributed by atoms with Crippen molar-refractivity contribution < 1.29 is 4.74 Å². The van der Waals surface area contributed by atoms with Crippen molar-refractivity contribution in [2.45, 2.75) is 64.5 Å². The fraction of sp³-hybridized carbons (Fsp3) is 1.00. The fourth-order valence-electron chi connectivity index (χ4n) is 3.65. The lowest BCUT2D eigenvalue weighted by molar-refractivity contribution is -0.0173. The van der Waals surface area contributed by atoms with Gasteiger partial charge in [0.25, 0.3) is 0 Å². The van der Waals surface area contributed by atoms with Gasteiger partial charge in [0.05, 0.1) is 12.2 Å². The molecular formula is C15H29NO. The quantitative estimate of drug-likeness (QED) is 0.795. The van der Waals surface area contributed by atoms with Crippen LogP contribution in [0.3, 0.4) is 0 Å². The number of hydrogen-bond donors (Lipinski definition) is 1. The van der Waals surface area contributed by atoms with E-state index in [1.54, 1.807) is 0 Å². The SMILES string of the molecule is CNC(COC(C)(C)C)CC1CC2CCC1C2. The highest BCUT2D eigenvalue weighted by Gasteiger charge is 2.40. The second kappa shape index (κ2) is 5.27. The molecular weight excluding hydrogens is 210 g/mol. The lowest BCUT2D eigenvalue weighted by atomic mass is 9.84. The third-order valence-corrected chi connectivity index (χ3v) is 4.60. The molecule has 0 amide bonds. The summed E-state index contributed by atoms with van der Waals surface area (Å²) in [6.45, 7) is 7.26. The molecule has 0 radical (unpaired) electrons. The average molecular weight is 239 g/mol. The number of fused-ring (bicyclic) bond motifs is 2. The van der Waals surface area contributed by atoms with Gasteiger partial charge in [0.1, 0.15) is 0 Å². The van der Waals surface area contributed by atoms with Gasteiger partial charge in [-0.2, -0.15) is 0 Å². The molecule has 2 saturated carbocycles. The standard InChI is InChI=1S/C15H29NO/c1-15(2,3)17-10-14(16-4)9-13-8-11-5-6-12(13)7-11/h11-14,16H,5-10H2,1-4H3. The molecule has 17 heavy (non-hydrogen) atoms. The van der Waals surface area contributed by atoms with Gasteiger partial charge in [0.15, 0.2) is 0 Å². The van der Waals surface area contributed by atoms with Crippen LogP contribution >= 0.6 is 0 Å². The van der Waals surface area contributed by atoms with E-state index in [4.69, 9.17) is 4.74 Å². The Hall–Kier alpha value is -0.0800. The van der Waals surface area contributed by atoms with Gasteiger partial charge in [-0.3, -0.25) is 0 Å². The van der Waals surface area contributed by atoms with Crippen LogP contribution in [0.4, 0.5) is 0 Å². The highest BCUT2D eigenvalue weighted by Crippen LogP contribution is 2.49. The first-order valence-corrected chi connectivity index (χ1v) is 7.29. The monoisotopic (exact) mass is 239 g/mol. The zero-order valence-electron chi connectivity index (χ0n) is 12.0. The smallest absolute Gasteiger partial charge is 0.0626 e. The predicted molar refractivity (Wildman–Crippen MR) is 72.1 cm³/mol. The van der Waals surface area contributed by atoms with Crippen LogP contribution in [0.1, 0.15) is 52.9 Å². The van der Waals surface area contributed by atoms with E-state index in [2.05, 4.69) is 33.1 Å². The molecule has 0 saturated heterocycles. The van der Waals surface area contributed by atoms with Crippen LogP contribution in [0.2, 0.25) is 0 Å². The predicted octanol–water partition coefficient (Wildman–Crippen LogP) is 3.22. The summed E-state index contributed by atoms with van der Waals surface area (Å²) in [5.41, 5.74) is -0.0101. The maximum atomic E-state index is 5.91. The number of hydrogen-bond acceptors (Lipinski definition) is 2. The van der Waals surface area contributed by atoms with Crippen molar-refractivity contribution in [3.63, 3.8) is 0 Å². The summed E-state index contributed by atoms with van der Waals surface area (Å²) in [4.78, 5) is 0. The molecule has 4 unspecified atom stereocenters. The number of ether oxygens (including phenoxy) is 1. The van der Waals surface area contributed by atoms with E-state index < -0.39 is 0 Å². The number of nitrogens with one attached hydrogen (secondary N) is 1. The molecule has 0 aromatic carbocycles. The summed E-state index contributed by atoms with van der Waals surface area (Å²) in [5.74, 6) is 3.06. The third kappa shape index (κ3) is 3.69. The first-order valence-electron chi connectivity index (χ1n) is 7.29. The molecule has 2 nitrogen and oxygen atoms in total.